The summed E-state index contributed by atoms with van der Waals surface area (Å²) in [4.78, 5) is 23.0. The number of carbonyl (C=O) groups excluding carboxylic acids is 2. The Kier molecular flexibility index (Phi) is 5.75. The fourth-order valence-electron chi connectivity index (χ4n) is 1.95. The molecule has 0 aliphatic heterocycles. The van der Waals surface area contributed by atoms with Crippen molar-refractivity contribution in [2.24, 2.45) is 5.73 Å². The first kappa shape index (κ1) is 17.0. The fourth-order valence-corrected chi connectivity index (χ4v) is 1.95. The zero-order chi connectivity index (χ0) is 16.0. The van der Waals surface area contributed by atoms with Crippen LogP contribution in [0.2, 0.25) is 0 Å². The van der Waals surface area contributed by atoms with Crippen LogP contribution >= 0.6 is 0 Å². The van der Waals surface area contributed by atoms with E-state index in [4.69, 9.17) is 5.73 Å². The van der Waals surface area contributed by atoms with E-state index in [0.29, 0.717) is 12.7 Å². The van der Waals surface area contributed by atoms with Crippen molar-refractivity contribution >= 4 is 17.9 Å². The van der Waals surface area contributed by atoms with Crippen molar-refractivity contribution < 1.29 is 22.8 Å². The summed E-state index contributed by atoms with van der Waals surface area (Å²) >= 11 is 0. The summed E-state index contributed by atoms with van der Waals surface area (Å²) in [6, 6.07) is 3.27. The maximum absolute atomic E-state index is 13.1. The van der Waals surface area contributed by atoms with Gasteiger partial charge in [-0.3, -0.25) is 9.59 Å². The lowest BCUT2D eigenvalue weighted by molar-refractivity contribution is -0.137. The van der Waals surface area contributed by atoms with Gasteiger partial charge in [-0.25, -0.2) is 0 Å². The van der Waals surface area contributed by atoms with Crippen molar-refractivity contribution in [1.29, 1.82) is 0 Å². The molecule has 0 saturated heterocycles. The summed E-state index contributed by atoms with van der Waals surface area (Å²) in [6.07, 6.45) is -2.87. The molecular formula is C14H17F3N2O2. The number of benzene rings is 1. The third-order valence-electron chi connectivity index (χ3n) is 2.93. The Labute approximate surface area is 120 Å². The van der Waals surface area contributed by atoms with Crippen LogP contribution in [0.1, 0.15) is 35.7 Å². The Bertz CT molecular complexity index is 515. The van der Waals surface area contributed by atoms with Gasteiger partial charge >= 0.3 is 6.18 Å². The molecule has 0 aromatic heterocycles. The monoisotopic (exact) mass is 302 g/mol. The summed E-state index contributed by atoms with van der Waals surface area (Å²) in [5.74, 6) is -0.710. The molecule has 1 rings (SSSR count). The van der Waals surface area contributed by atoms with Gasteiger partial charge in [0.1, 0.15) is 6.29 Å². The van der Waals surface area contributed by atoms with Crippen LogP contribution in [0.15, 0.2) is 18.2 Å². The van der Waals surface area contributed by atoms with Crippen LogP contribution in [0, 0.1) is 0 Å². The minimum absolute atomic E-state index is 0.0689. The van der Waals surface area contributed by atoms with Gasteiger partial charge in [0.05, 0.1) is 12.1 Å². The van der Waals surface area contributed by atoms with Crippen molar-refractivity contribution in [3.63, 3.8) is 0 Å². The number of hydrogen-bond acceptors (Lipinski definition) is 3. The van der Waals surface area contributed by atoms with Crippen molar-refractivity contribution in [3.8, 4) is 0 Å². The lowest BCUT2D eigenvalue weighted by Gasteiger charge is -2.26. The standard InChI is InChI=1S/C14H17F3N2O2/c1-2-3-6-19(8-13(18)21)12-5-4-10(9-20)7-11(12)14(15,16)17/h4-5,7,9H,2-3,6,8H2,1H3,(H2,18,21). The van der Waals surface area contributed by atoms with Crippen molar-refractivity contribution in [2.45, 2.75) is 25.9 Å². The van der Waals surface area contributed by atoms with E-state index < -0.39 is 17.6 Å². The molecule has 0 heterocycles. The van der Waals surface area contributed by atoms with Crippen LogP contribution in [0.25, 0.3) is 0 Å². The number of carbonyl (C=O) groups is 2. The van der Waals surface area contributed by atoms with Gasteiger partial charge in [-0.05, 0) is 24.6 Å². The highest BCUT2D eigenvalue weighted by Crippen LogP contribution is 2.37. The summed E-state index contributed by atoms with van der Waals surface area (Å²) in [7, 11) is 0. The lowest BCUT2D eigenvalue weighted by atomic mass is 10.1. The van der Waals surface area contributed by atoms with E-state index in [1.54, 1.807) is 0 Å². The summed E-state index contributed by atoms with van der Waals surface area (Å²) < 4.78 is 39.4. The van der Waals surface area contributed by atoms with Gasteiger partial charge in [0.2, 0.25) is 5.91 Å². The van der Waals surface area contributed by atoms with E-state index in [1.807, 2.05) is 6.92 Å². The van der Waals surface area contributed by atoms with Gasteiger partial charge in [-0.2, -0.15) is 13.2 Å². The number of nitrogens with two attached hydrogens (primary N) is 1. The average Bonchev–Trinajstić information content (AvgIpc) is 2.41. The highest BCUT2D eigenvalue weighted by Gasteiger charge is 2.35. The molecule has 0 radical (unpaired) electrons. The van der Waals surface area contributed by atoms with E-state index >= 15 is 0 Å². The number of rotatable bonds is 7. The van der Waals surface area contributed by atoms with E-state index in [-0.39, 0.29) is 24.3 Å². The molecule has 1 aromatic rings. The molecule has 0 bridgehead atoms. The first-order valence-corrected chi connectivity index (χ1v) is 6.49. The smallest absolute Gasteiger partial charge is 0.368 e. The SMILES string of the molecule is CCCCN(CC(N)=O)c1ccc(C=O)cc1C(F)(F)F. The van der Waals surface area contributed by atoms with E-state index in [9.17, 15) is 22.8 Å². The predicted molar refractivity (Wildman–Crippen MR) is 73.1 cm³/mol. The van der Waals surface area contributed by atoms with E-state index in [0.717, 1.165) is 12.5 Å². The third kappa shape index (κ3) is 4.77. The van der Waals surface area contributed by atoms with Gasteiger partial charge in [0, 0.05) is 17.8 Å². The minimum atomic E-state index is -4.61. The average molecular weight is 302 g/mol. The van der Waals surface area contributed by atoms with E-state index in [2.05, 4.69) is 0 Å². The Balaban J connectivity index is 3.28. The van der Waals surface area contributed by atoms with Gasteiger partial charge in [0.25, 0.3) is 0 Å². The summed E-state index contributed by atoms with van der Waals surface area (Å²) in [5, 5.41) is 0. The quantitative estimate of drug-likeness (QED) is 0.787. The molecule has 2 N–H and O–H groups in total. The van der Waals surface area contributed by atoms with Crippen LogP contribution in [0.5, 0.6) is 0 Å². The van der Waals surface area contributed by atoms with Crippen molar-refractivity contribution in [3.05, 3.63) is 29.3 Å². The maximum Gasteiger partial charge on any atom is 0.418 e. The van der Waals surface area contributed by atoms with Crippen LogP contribution < -0.4 is 10.6 Å². The fraction of sp³-hybridized carbons (Fsp3) is 0.429. The number of alkyl halides is 3. The number of hydrogen-bond donors (Lipinski definition) is 1. The predicted octanol–water partition coefficient (Wildman–Crippen LogP) is 2.61. The normalized spacial score (nSPS) is 11.2. The van der Waals surface area contributed by atoms with Gasteiger partial charge in [-0.1, -0.05) is 13.3 Å². The van der Waals surface area contributed by atoms with Crippen LogP contribution in [-0.2, 0) is 11.0 Å². The van der Waals surface area contributed by atoms with Crippen molar-refractivity contribution in [1.82, 2.24) is 0 Å². The number of anilines is 1. The minimum Gasteiger partial charge on any atom is -0.368 e. The van der Waals surface area contributed by atoms with Crippen molar-refractivity contribution in [2.75, 3.05) is 18.0 Å². The van der Waals surface area contributed by atoms with Gasteiger partial charge in [-0.15, -0.1) is 0 Å². The molecule has 4 nitrogen and oxygen atoms in total. The molecule has 0 aliphatic carbocycles. The molecule has 0 aliphatic rings. The van der Waals surface area contributed by atoms with Crippen LogP contribution in [0.4, 0.5) is 18.9 Å². The number of nitrogens with zero attached hydrogens (tertiary/aromatic N) is 1. The second kappa shape index (κ2) is 7.10. The first-order chi connectivity index (χ1) is 9.79. The van der Waals surface area contributed by atoms with Gasteiger partial charge < -0.3 is 10.6 Å². The molecule has 1 aromatic carbocycles. The molecule has 1 amide bonds. The number of halogens is 3. The molecule has 0 spiro atoms. The zero-order valence-corrected chi connectivity index (χ0v) is 11.6. The molecule has 21 heavy (non-hydrogen) atoms. The van der Waals surface area contributed by atoms with Crippen LogP contribution in [-0.4, -0.2) is 25.3 Å². The molecule has 7 heteroatoms. The Morgan fingerprint density at radius 3 is 2.52 bits per heavy atom. The first-order valence-electron chi connectivity index (χ1n) is 6.49. The topological polar surface area (TPSA) is 63.4 Å². The molecule has 0 atom stereocenters. The molecular weight excluding hydrogens is 285 g/mol. The summed E-state index contributed by atoms with van der Waals surface area (Å²) in [6.45, 7) is 1.87. The highest BCUT2D eigenvalue weighted by atomic mass is 19.4. The molecule has 0 fully saturated rings. The van der Waals surface area contributed by atoms with Crippen LogP contribution in [0.3, 0.4) is 0 Å². The number of unbranched alkanes of at least 4 members (excludes halogenated alkanes) is 1. The number of primary amides is 1. The Morgan fingerprint density at radius 1 is 1.38 bits per heavy atom. The zero-order valence-electron chi connectivity index (χ0n) is 11.6. The Hall–Kier alpha value is -2.05. The largest absolute Gasteiger partial charge is 0.418 e. The van der Waals surface area contributed by atoms with E-state index in [1.165, 1.54) is 17.0 Å². The lowest BCUT2D eigenvalue weighted by Crippen LogP contribution is -2.35. The Morgan fingerprint density at radius 2 is 2.05 bits per heavy atom. The molecule has 0 unspecified atom stereocenters. The van der Waals surface area contributed by atoms with Gasteiger partial charge in [0.15, 0.2) is 0 Å². The number of amides is 1. The third-order valence-corrected chi connectivity index (χ3v) is 2.93. The highest BCUT2D eigenvalue weighted by molar-refractivity contribution is 5.81. The second-order valence-corrected chi connectivity index (χ2v) is 4.63. The molecule has 0 saturated carbocycles. The second-order valence-electron chi connectivity index (χ2n) is 4.63. The maximum atomic E-state index is 13.1. The number of aldehydes is 1. The molecule has 116 valence electrons. The summed E-state index contributed by atoms with van der Waals surface area (Å²) in [5.41, 5.74) is 3.95.